The van der Waals surface area contributed by atoms with Gasteiger partial charge >= 0.3 is 142 Å². The molecule has 23 heavy (non-hydrogen) atoms. The third-order valence-corrected chi connectivity index (χ3v) is 5.65. The molecule has 0 bridgehead atoms. The van der Waals surface area contributed by atoms with Gasteiger partial charge in [0, 0.05) is 0 Å². The van der Waals surface area contributed by atoms with E-state index < -0.39 is 0 Å². The Morgan fingerprint density at radius 3 is 1.57 bits per heavy atom. The molecule has 2 heterocycles. The zero-order valence-corrected chi connectivity index (χ0v) is 14.4. The predicted octanol–water partition coefficient (Wildman–Crippen LogP) is 3.05. The van der Waals surface area contributed by atoms with Crippen molar-refractivity contribution >= 4 is 45.9 Å². The standard InChI is InChI=1S/2C10H8N.Al/c2*1-8-6-7-9-4-2-3-5-10(9)11-8;/h2*2-4,6-7H,1H3;/q;;+1. The van der Waals surface area contributed by atoms with Crippen LogP contribution in [0.5, 0.6) is 0 Å². The van der Waals surface area contributed by atoms with Gasteiger partial charge in [-0.25, -0.2) is 0 Å². The molecule has 0 aliphatic rings. The number of hydrogen-bond acceptors (Lipinski definition) is 2. The molecule has 0 saturated carbocycles. The number of rotatable bonds is 2. The summed E-state index contributed by atoms with van der Waals surface area (Å²) in [5.41, 5.74) is 4.40. The molecular weight excluding hydrogens is 295 g/mol. The number of nitrogens with zero attached hydrogens (tertiary/aromatic N) is 2. The number of hydrogen-bond donors (Lipinski definition) is 0. The van der Waals surface area contributed by atoms with Gasteiger partial charge < -0.3 is 0 Å². The van der Waals surface area contributed by atoms with Crippen LogP contribution in [0.3, 0.4) is 0 Å². The molecule has 0 saturated heterocycles. The summed E-state index contributed by atoms with van der Waals surface area (Å²) in [6.45, 7) is 4.10. The first-order chi connectivity index (χ1) is 11.2. The van der Waals surface area contributed by atoms with Crippen LogP contribution in [0.2, 0.25) is 0 Å². The van der Waals surface area contributed by atoms with Gasteiger partial charge in [0.2, 0.25) is 0 Å². The minimum atomic E-state index is -0.0414. The Kier molecular flexibility index (Phi) is 3.61. The summed E-state index contributed by atoms with van der Waals surface area (Å²) in [5, 5.41) is 2.43. The van der Waals surface area contributed by atoms with E-state index in [1.54, 1.807) is 0 Å². The van der Waals surface area contributed by atoms with E-state index in [-0.39, 0.29) is 15.2 Å². The number of fused-ring (bicyclic) bond motifs is 2. The first-order valence-electron chi connectivity index (χ1n) is 7.78. The molecule has 2 aromatic heterocycles. The van der Waals surface area contributed by atoms with Gasteiger partial charge in [-0.2, -0.15) is 0 Å². The van der Waals surface area contributed by atoms with E-state index in [1.807, 2.05) is 13.8 Å². The monoisotopic (exact) mass is 311 g/mol. The molecule has 2 nitrogen and oxygen atoms in total. The second-order valence-corrected chi connectivity index (χ2v) is 7.42. The van der Waals surface area contributed by atoms with Crippen LogP contribution < -0.4 is 8.85 Å². The predicted molar refractivity (Wildman–Crippen MR) is 98.0 cm³/mol. The van der Waals surface area contributed by atoms with E-state index in [0.717, 1.165) is 22.4 Å². The molecule has 0 fully saturated rings. The van der Waals surface area contributed by atoms with Gasteiger partial charge in [-0.3, -0.25) is 0 Å². The number of para-hydroxylation sites is 2. The molecule has 2 aromatic carbocycles. The first kappa shape index (κ1) is 14.4. The Labute approximate surface area is 141 Å². The van der Waals surface area contributed by atoms with Crippen molar-refractivity contribution in [3.8, 4) is 0 Å². The van der Waals surface area contributed by atoms with Crippen LogP contribution >= 0.6 is 0 Å². The SMILES string of the molecule is Cc1ccc2ccc[c]([Al+][c]3cccc4ccc(C)nc34)c2n1. The molecule has 4 aromatic rings. The Morgan fingerprint density at radius 1 is 0.609 bits per heavy atom. The van der Waals surface area contributed by atoms with Gasteiger partial charge in [0.25, 0.3) is 0 Å². The number of aromatic nitrogens is 2. The van der Waals surface area contributed by atoms with Crippen molar-refractivity contribution in [1.29, 1.82) is 0 Å². The van der Waals surface area contributed by atoms with Crippen molar-refractivity contribution in [2.75, 3.05) is 0 Å². The molecule has 0 radical (unpaired) electrons. The molecule has 0 amide bonds. The molecule has 3 heteroatoms. The van der Waals surface area contributed by atoms with Crippen LogP contribution in [0.15, 0.2) is 60.7 Å². The Hall–Kier alpha value is -2.21. The zero-order chi connectivity index (χ0) is 15.8. The summed E-state index contributed by atoms with van der Waals surface area (Å²) in [4.78, 5) is 9.54. The van der Waals surface area contributed by atoms with Crippen LogP contribution in [0.4, 0.5) is 0 Å². The van der Waals surface area contributed by atoms with Crippen molar-refractivity contribution in [1.82, 2.24) is 9.97 Å². The quantitative estimate of drug-likeness (QED) is 0.532. The fraction of sp³-hybridized carbons (Fsp3) is 0.100. The van der Waals surface area contributed by atoms with Crippen molar-refractivity contribution in [3.63, 3.8) is 0 Å². The van der Waals surface area contributed by atoms with Crippen LogP contribution in [-0.4, -0.2) is 25.2 Å². The topological polar surface area (TPSA) is 25.8 Å². The van der Waals surface area contributed by atoms with Gasteiger partial charge in [-0.15, -0.1) is 0 Å². The third kappa shape index (κ3) is 2.74. The van der Waals surface area contributed by atoms with Gasteiger partial charge in [-0.1, -0.05) is 0 Å². The summed E-state index contributed by atoms with van der Waals surface area (Å²) >= 11 is -0.0414. The Balaban J connectivity index is 1.88. The van der Waals surface area contributed by atoms with Crippen molar-refractivity contribution in [2.45, 2.75) is 13.8 Å². The molecule has 0 spiro atoms. The fourth-order valence-corrected chi connectivity index (χ4v) is 4.42. The second-order valence-electron chi connectivity index (χ2n) is 5.89. The number of aryl methyl sites for hydroxylation is 2. The van der Waals surface area contributed by atoms with Crippen molar-refractivity contribution < 1.29 is 0 Å². The second kappa shape index (κ2) is 5.77. The normalized spacial score (nSPS) is 10.9. The summed E-state index contributed by atoms with van der Waals surface area (Å²) in [6, 6.07) is 21.4. The van der Waals surface area contributed by atoms with E-state index in [4.69, 9.17) is 9.97 Å². The number of pyridine rings is 2. The van der Waals surface area contributed by atoms with Crippen LogP contribution in [0.25, 0.3) is 21.8 Å². The average molecular weight is 311 g/mol. The van der Waals surface area contributed by atoms with Crippen molar-refractivity contribution in [2.24, 2.45) is 0 Å². The van der Waals surface area contributed by atoms with Crippen LogP contribution in [0.1, 0.15) is 11.4 Å². The van der Waals surface area contributed by atoms with Gasteiger partial charge in [0.1, 0.15) is 0 Å². The number of benzene rings is 2. The van der Waals surface area contributed by atoms with E-state index in [2.05, 4.69) is 60.7 Å². The maximum absolute atomic E-state index is 4.77. The van der Waals surface area contributed by atoms with Gasteiger partial charge in [-0.05, 0) is 0 Å². The average Bonchev–Trinajstić information content (AvgIpc) is 2.56. The summed E-state index contributed by atoms with van der Waals surface area (Å²) < 4.78 is 2.67. The van der Waals surface area contributed by atoms with Gasteiger partial charge in [0.05, 0.1) is 0 Å². The third-order valence-electron chi connectivity index (χ3n) is 4.09. The van der Waals surface area contributed by atoms with Gasteiger partial charge in [0.15, 0.2) is 0 Å². The van der Waals surface area contributed by atoms with Crippen LogP contribution in [0, 0.1) is 13.8 Å². The maximum atomic E-state index is 4.77. The molecule has 4 rings (SSSR count). The molecule has 108 valence electrons. The van der Waals surface area contributed by atoms with E-state index in [0.29, 0.717) is 0 Å². The molecule has 0 atom stereocenters. The van der Waals surface area contributed by atoms with Crippen LogP contribution in [-0.2, 0) is 0 Å². The summed E-state index contributed by atoms with van der Waals surface area (Å²) in [5.74, 6) is 0. The van der Waals surface area contributed by atoms with E-state index >= 15 is 0 Å². The van der Waals surface area contributed by atoms with Crippen molar-refractivity contribution in [3.05, 3.63) is 72.1 Å². The molecule has 0 N–H and O–H groups in total. The Morgan fingerprint density at radius 2 is 1.09 bits per heavy atom. The Bertz CT molecular complexity index is 941. The molecule has 0 unspecified atom stereocenters. The molecular formula is C20H16AlN2+. The summed E-state index contributed by atoms with van der Waals surface area (Å²) in [7, 11) is 0. The zero-order valence-electron chi connectivity index (χ0n) is 13.2. The fourth-order valence-electron chi connectivity index (χ4n) is 2.94. The van der Waals surface area contributed by atoms with E-state index in [9.17, 15) is 0 Å². The molecule has 0 aliphatic carbocycles. The molecule has 0 aliphatic heterocycles. The van der Waals surface area contributed by atoms with E-state index in [1.165, 1.54) is 19.6 Å². The first-order valence-corrected chi connectivity index (χ1v) is 8.94. The summed E-state index contributed by atoms with van der Waals surface area (Å²) in [6.07, 6.45) is 0. The minimum absolute atomic E-state index is 0.0414.